The third-order valence-corrected chi connectivity index (χ3v) is 2.67. The molecule has 4 heteroatoms. The van der Waals surface area contributed by atoms with Gasteiger partial charge >= 0.3 is 0 Å². The van der Waals surface area contributed by atoms with Gasteiger partial charge in [-0.15, -0.1) is 0 Å². The highest BCUT2D eigenvalue weighted by Gasteiger charge is 2.18. The van der Waals surface area contributed by atoms with Crippen LogP contribution in [0, 0.1) is 0 Å². The second-order valence-corrected chi connectivity index (χ2v) is 3.92. The summed E-state index contributed by atoms with van der Waals surface area (Å²) in [5.74, 6) is 0. The lowest BCUT2D eigenvalue weighted by molar-refractivity contribution is -0.0442. The quantitative estimate of drug-likeness (QED) is 0.780. The topological polar surface area (TPSA) is 40.5 Å². The minimum absolute atomic E-state index is 0.0186. The summed E-state index contributed by atoms with van der Waals surface area (Å²) < 4.78 is 12.4. The molecule has 0 aliphatic carbocycles. The van der Waals surface area contributed by atoms with Crippen LogP contribution in [0.3, 0.4) is 0 Å². The summed E-state index contributed by atoms with van der Waals surface area (Å²) in [7, 11) is 0. The average Bonchev–Trinajstić information content (AvgIpc) is 2.81. The predicted molar refractivity (Wildman–Crippen MR) is 60.3 cm³/mol. The van der Waals surface area contributed by atoms with E-state index in [1.54, 1.807) is 10.6 Å². The van der Waals surface area contributed by atoms with Crippen LogP contribution >= 0.6 is 0 Å². The highest BCUT2D eigenvalue weighted by molar-refractivity contribution is 5.13. The van der Waals surface area contributed by atoms with E-state index < -0.39 is 0 Å². The second-order valence-electron chi connectivity index (χ2n) is 3.92. The predicted octanol–water partition coefficient (Wildman–Crippen LogP) is 1.69. The van der Waals surface area contributed by atoms with E-state index in [2.05, 4.69) is 6.92 Å². The van der Waals surface area contributed by atoms with Crippen LogP contribution in [0.15, 0.2) is 23.1 Å². The lowest BCUT2D eigenvalue weighted by atomic mass is 10.2. The molecule has 0 atom stereocenters. The molecule has 16 heavy (non-hydrogen) atoms. The van der Waals surface area contributed by atoms with E-state index in [0.29, 0.717) is 13.2 Å². The molecule has 0 bridgehead atoms. The van der Waals surface area contributed by atoms with Crippen molar-refractivity contribution in [2.75, 3.05) is 13.2 Å². The molecule has 0 radical (unpaired) electrons. The molecule has 0 saturated carbocycles. The lowest BCUT2D eigenvalue weighted by Crippen LogP contribution is -2.20. The summed E-state index contributed by atoms with van der Waals surface area (Å²) in [5, 5.41) is 0. The molecule has 88 valence electrons. The first-order valence-corrected chi connectivity index (χ1v) is 5.75. The van der Waals surface area contributed by atoms with Crippen molar-refractivity contribution >= 4 is 0 Å². The molecule has 1 aliphatic heterocycles. The Labute approximate surface area is 94.8 Å². The van der Waals surface area contributed by atoms with Crippen molar-refractivity contribution in [2.24, 2.45) is 0 Å². The van der Waals surface area contributed by atoms with Crippen molar-refractivity contribution in [1.29, 1.82) is 0 Å². The van der Waals surface area contributed by atoms with Crippen LogP contribution in [0.5, 0.6) is 0 Å². The molecule has 0 unspecified atom stereocenters. The van der Waals surface area contributed by atoms with Gasteiger partial charge in [0.15, 0.2) is 6.29 Å². The van der Waals surface area contributed by atoms with Crippen molar-refractivity contribution in [3.63, 3.8) is 0 Å². The molecular formula is C12H17NO3. The van der Waals surface area contributed by atoms with Crippen LogP contribution < -0.4 is 5.56 Å². The van der Waals surface area contributed by atoms with E-state index in [1.165, 1.54) is 0 Å². The number of ether oxygens (including phenoxy) is 2. The van der Waals surface area contributed by atoms with Gasteiger partial charge in [-0.25, -0.2) is 0 Å². The van der Waals surface area contributed by atoms with E-state index in [9.17, 15) is 4.79 Å². The van der Waals surface area contributed by atoms with Gasteiger partial charge in [0.05, 0.1) is 13.2 Å². The Balaban J connectivity index is 2.12. The van der Waals surface area contributed by atoms with Crippen molar-refractivity contribution in [1.82, 2.24) is 4.57 Å². The molecule has 1 aromatic rings. The van der Waals surface area contributed by atoms with Crippen LogP contribution in [-0.2, 0) is 16.0 Å². The SMILES string of the molecule is CCCCn1ccc(C2OCCO2)cc1=O. The maximum Gasteiger partial charge on any atom is 0.250 e. The Morgan fingerprint density at radius 1 is 1.44 bits per heavy atom. The molecule has 2 heterocycles. The van der Waals surface area contributed by atoms with Crippen LogP contribution in [0.1, 0.15) is 31.6 Å². The highest BCUT2D eigenvalue weighted by Crippen LogP contribution is 2.21. The average molecular weight is 223 g/mol. The fraction of sp³-hybridized carbons (Fsp3) is 0.583. The number of hydrogen-bond donors (Lipinski definition) is 0. The van der Waals surface area contributed by atoms with Crippen molar-refractivity contribution < 1.29 is 9.47 Å². The van der Waals surface area contributed by atoms with E-state index in [-0.39, 0.29) is 11.8 Å². The molecular weight excluding hydrogens is 206 g/mol. The normalized spacial score (nSPS) is 16.8. The molecule has 0 amide bonds. The Hall–Kier alpha value is -1.13. The van der Waals surface area contributed by atoms with Crippen LogP contribution in [0.2, 0.25) is 0 Å². The van der Waals surface area contributed by atoms with Gasteiger partial charge in [0.1, 0.15) is 0 Å². The largest absolute Gasteiger partial charge is 0.346 e. The van der Waals surface area contributed by atoms with Crippen LogP contribution in [-0.4, -0.2) is 17.8 Å². The third-order valence-electron chi connectivity index (χ3n) is 2.67. The molecule has 1 saturated heterocycles. The third kappa shape index (κ3) is 2.51. The summed E-state index contributed by atoms with van der Waals surface area (Å²) >= 11 is 0. The van der Waals surface area contributed by atoms with Gasteiger partial charge in [0, 0.05) is 24.4 Å². The van der Waals surface area contributed by atoms with Gasteiger partial charge in [0.25, 0.3) is 5.56 Å². The summed E-state index contributed by atoms with van der Waals surface area (Å²) in [6, 6.07) is 3.50. The fourth-order valence-corrected chi connectivity index (χ4v) is 1.73. The van der Waals surface area contributed by atoms with E-state index in [0.717, 1.165) is 24.9 Å². The maximum absolute atomic E-state index is 11.8. The maximum atomic E-state index is 11.8. The number of nitrogens with zero attached hydrogens (tertiary/aromatic N) is 1. The number of pyridine rings is 1. The summed E-state index contributed by atoms with van der Waals surface area (Å²) in [4.78, 5) is 11.8. The minimum atomic E-state index is -0.353. The number of unbranched alkanes of at least 4 members (excludes halogenated alkanes) is 1. The van der Waals surface area contributed by atoms with Crippen LogP contribution in [0.25, 0.3) is 0 Å². The van der Waals surface area contributed by atoms with Gasteiger partial charge in [-0.1, -0.05) is 13.3 Å². The smallest absolute Gasteiger partial charge is 0.250 e. The first-order chi connectivity index (χ1) is 7.81. The molecule has 0 spiro atoms. The first-order valence-electron chi connectivity index (χ1n) is 5.75. The number of rotatable bonds is 4. The number of aromatic nitrogens is 1. The van der Waals surface area contributed by atoms with E-state index in [4.69, 9.17) is 9.47 Å². The van der Waals surface area contributed by atoms with Crippen molar-refractivity contribution in [3.8, 4) is 0 Å². The first kappa shape index (κ1) is 11.4. The van der Waals surface area contributed by atoms with Crippen LogP contribution in [0.4, 0.5) is 0 Å². The van der Waals surface area contributed by atoms with Crippen molar-refractivity contribution in [3.05, 3.63) is 34.2 Å². The standard InChI is InChI=1S/C12H17NO3/c1-2-3-5-13-6-4-10(9-11(13)14)12-15-7-8-16-12/h4,6,9,12H,2-3,5,7-8H2,1H3. The van der Waals surface area contributed by atoms with Gasteiger partial charge in [0.2, 0.25) is 0 Å². The van der Waals surface area contributed by atoms with Gasteiger partial charge in [-0.3, -0.25) is 4.79 Å². The van der Waals surface area contributed by atoms with E-state index in [1.807, 2.05) is 12.3 Å². The monoisotopic (exact) mass is 223 g/mol. The zero-order valence-electron chi connectivity index (χ0n) is 9.52. The molecule has 4 nitrogen and oxygen atoms in total. The molecule has 1 aromatic heterocycles. The fourth-order valence-electron chi connectivity index (χ4n) is 1.73. The molecule has 2 rings (SSSR count). The molecule has 0 aromatic carbocycles. The Morgan fingerprint density at radius 3 is 2.81 bits per heavy atom. The minimum Gasteiger partial charge on any atom is -0.346 e. The van der Waals surface area contributed by atoms with Gasteiger partial charge in [-0.2, -0.15) is 0 Å². The van der Waals surface area contributed by atoms with Gasteiger partial charge < -0.3 is 14.0 Å². The second kappa shape index (κ2) is 5.27. The highest BCUT2D eigenvalue weighted by atomic mass is 16.7. The summed E-state index contributed by atoms with van der Waals surface area (Å²) in [6.45, 7) is 4.09. The molecule has 1 aliphatic rings. The summed E-state index contributed by atoms with van der Waals surface area (Å²) in [5.41, 5.74) is 0.834. The Kier molecular flexibility index (Phi) is 3.74. The zero-order valence-corrected chi connectivity index (χ0v) is 9.52. The van der Waals surface area contributed by atoms with E-state index >= 15 is 0 Å². The lowest BCUT2D eigenvalue weighted by Gasteiger charge is -2.10. The molecule has 1 fully saturated rings. The summed E-state index contributed by atoms with van der Waals surface area (Å²) in [6.07, 6.45) is 3.57. The Bertz CT molecular complexity index is 393. The number of hydrogen-bond acceptors (Lipinski definition) is 3. The Morgan fingerprint density at radius 2 is 2.19 bits per heavy atom. The number of aryl methyl sites for hydroxylation is 1. The molecule has 0 N–H and O–H groups in total. The van der Waals surface area contributed by atoms with Gasteiger partial charge in [-0.05, 0) is 12.5 Å². The van der Waals surface area contributed by atoms with Crippen molar-refractivity contribution in [2.45, 2.75) is 32.6 Å². The zero-order chi connectivity index (χ0) is 11.4.